The number of amides is 1. The van der Waals surface area contributed by atoms with Crippen LogP contribution in [0, 0.1) is 19.7 Å². The Hall–Kier alpha value is -3.19. The molecule has 0 atom stereocenters. The van der Waals surface area contributed by atoms with Crippen LogP contribution in [0.2, 0.25) is 5.02 Å². The van der Waals surface area contributed by atoms with Gasteiger partial charge in [0.2, 0.25) is 0 Å². The number of carbonyl (C=O) groups is 1. The first-order valence-electron chi connectivity index (χ1n) is 7.94. The maximum absolute atomic E-state index is 13.3. The van der Waals surface area contributed by atoms with Crippen molar-refractivity contribution in [2.75, 3.05) is 5.32 Å². The molecule has 3 aromatic rings. The standard InChI is InChI=1S/C19H15ClFN3O3/c1-10-6-17(27-16-4-3-12(21)5-11(16)2)14(8-15(10)20)19(26)23-13-7-18(25)24-22-9-13/h3-9H,1-2H3,(H2,23,24,25,26). The third kappa shape index (κ3) is 4.32. The molecule has 0 spiro atoms. The lowest BCUT2D eigenvalue weighted by Crippen LogP contribution is -2.16. The van der Waals surface area contributed by atoms with Crippen LogP contribution in [0.25, 0.3) is 0 Å². The van der Waals surface area contributed by atoms with Gasteiger partial charge in [-0.25, -0.2) is 9.49 Å². The number of halogens is 2. The molecule has 0 aliphatic heterocycles. The van der Waals surface area contributed by atoms with Gasteiger partial charge >= 0.3 is 0 Å². The molecule has 2 N–H and O–H groups in total. The number of aromatic amines is 1. The third-order valence-corrected chi connectivity index (χ3v) is 4.19. The van der Waals surface area contributed by atoms with Gasteiger partial charge in [-0.05, 0) is 55.3 Å². The van der Waals surface area contributed by atoms with E-state index < -0.39 is 11.5 Å². The van der Waals surface area contributed by atoms with Crippen LogP contribution < -0.4 is 15.6 Å². The summed E-state index contributed by atoms with van der Waals surface area (Å²) in [6, 6.07) is 8.38. The van der Waals surface area contributed by atoms with E-state index in [2.05, 4.69) is 15.5 Å². The molecule has 0 aliphatic carbocycles. The molecule has 1 heterocycles. The number of aromatic nitrogens is 2. The van der Waals surface area contributed by atoms with E-state index >= 15 is 0 Å². The average molecular weight is 388 g/mol. The smallest absolute Gasteiger partial charge is 0.266 e. The summed E-state index contributed by atoms with van der Waals surface area (Å²) in [5, 5.41) is 8.81. The van der Waals surface area contributed by atoms with Crippen molar-refractivity contribution < 1.29 is 13.9 Å². The van der Waals surface area contributed by atoms with Crippen LogP contribution >= 0.6 is 11.6 Å². The maximum atomic E-state index is 13.3. The molecule has 3 rings (SSSR count). The van der Waals surface area contributed by atoms with Gasteiger partial charge in [-0.15, -0.1) is 0 Å². The van der Waals surface area contributed by atoms with Crippen LogP contribution in [0.4, 0.5) is 10.1 Å². The monoisotopic (exact) mass is 387 g/mol. The molecule has 8 heteroatoms. The van der Waals surface area contributed by atoms with Crippen molar-refractivity contribution in [3.05, 3.63) is 80.5 Å². The quantitative estimate of drug-likeness (QED) is 0.701. The molecule has 1 amide bonds. The van der Waals surface area contributed by atoms with E-state index in [0.29, 0.717) is 21.9 Å². The summed E-state index contributed by atoms with van der Waals surface area (Å²) in [5.41, 5.74) is 1.22. The zero-order valence-electron chi connectivity index (χ0n) is 14.5. The molecule has 0 unspecified atom stereocenters. The molecular formula is C19H15ClFN3O3. The first-order chi connectivity index (χ1) is 12.8. The van der Waals surface area contributed by atoms with Crippen LogP contribution in [0.3, 0.4) is 0 Å². The topological polar surface area (TPSA) is 84.1 Å². The fraction of sp³-hybridized carbons (Fsp3) is 0.105. The fourth-order valence-electron chi connectivity index (χ4n) is 2.41. The minimum absolute atomic E-state index is 0.162. The summed E-state index contributed by atoms with van der Waals surface area (Å²) >= 11 is 6.16. The van der Waals surface area contributed by atoms with E-state index in [9.17, 15) is 14.0 Å². The number of ether oxygens (including phenoxy) is 1. The Bertz CT molecular complexity index is 1080. The van der Waals surface area contributed by atoms with E-state index in [4.69, 9.17) is 16.3 Å². The van der Waals surface area contributed by atoms with Crippen molar-refractivity contribution in [1.29, 1.82) is 0 Å². The zero-order valence-corrected chi connectivity index (χ0v) is 15.2. The Morgan fingerprint density at radius 1 is 1.15 bits per heavy atom. The highest BCUT2D eigenvalue weighted by atomic mass is 35.5. The highest BCUT2D eigenvalue weighted by Gasteiger charge is 2.17. The zero-order chi connectivity index (χ0) is 19.6. The Balaban J connectivity index is 1.97. The summed E-state index contributed by atoms with van der Waals surface area (Å²) in [4.78, 5) is 24.0. The van der Waals surface area contributed by atoms with Crippen LogP contribution in [0.15, 0.2) is 47.4 Å². The number of H-pyrrole nitrogens is 1. The van der Waals surface area contributed by atoms with Gasteiger partial charge in [-0.2, -0.15) is 5.10 Å². The lowest BCUT2D eigenvalue weighted by atomic mass is 10.1. The Kier molecular flexibility index (Phi) is 5.23. The van der Waals surface area contributed by atoms with Gasteiger partial charge in [-0.3, -0.25) is 9.59 Å². The van der Waals surface area contributed by atoms with Crippen molar-refractivity contribution in [3.63, 3.8) is 0 Å². The number of rotatable bonds is 4. The predicted octanol–water partition coefficient (Wildman–Crippen LogP) is 4.22. The number of nitrogens with one attached hydrogen (secondary N) is 2. The summed E-state index contributed by atoms with van der Waals surface area (Å²) in [7, 11) is 0. The Labute approximate surface area is 159 Å². The number of hydrogen-bond acceptors (Lipinski definition) is 4. The SMILES string of the molecule is Cc1cc(Oc2ccc(F)cc2C)c(C(=O)Nc2cn[nH]c(=O)c2)cc1Cl. The van der Waals surface area contributed by atoms with Crippen LogP contribution in [-0.4, -0.2) is 16.1 Å². The van der Waals surface area contributed by atoms with E-state index in [0.717, 1.165) is 0 Å². The first kappa shape index (κ1) is 18.6. The van der Waals surface area contributed by atoms with Crippen LogP contribution in [0.1, 0.15) is 21.5 Å². The van der Waals surface area contributed by atoms with Gasteiger partial charge in [0.1, 0.15) is 17.3 Å². The van der Waals surface area contributed by atoms with Gasteiger partial charge in [0.25, 0.3) is 11.5 Å². The highest BCUT2D eigenvalue weighted by molar-refractivity contribution is 6.32. The second-order valence-corrected chi connectivity index (χ2v) is 6.30. The number of anilines is 1. The highest BCUT2D eigenvalue weighted by Crippen LogP contribution is 2.32. The summed E-state index contributed by atoms with van der Waals surface area (Å²) in [6.45, 7) is 3.47. The molecule has 2 aromatic carbocycles. The van der Waals surface area contributed by atoms with Crippen LogP contribution in [-0.2, 0) is 0 Å². The van der Waals surface area contributed by atoms with Crippen molar-refractivity contribution in [2.45, 2.75) is 13.8 Å². The van der Waals surface area contributed by atoms with Crippen molar-refractivity contribution in [3.8, 4) is 11.5 Å². The Morgan fingerprint density at radius 3 is 2.63 bits per heavy atom. The molecule has 0 saturated heterocycles. The molecule has 138 valence electrons. The molecular weight excluding hydrogens is 373 g/mol. The second kappa shape index (κ2) is 7.59. The molecule has 0 aliphatic rings. The van der Waals surface area contributed by atoms with E-state index in [1.54, 1.807) is 19.9 Å². The fourth-order valence-corrected chi connectivity index (χ4v) is 2.57. The number of carbonyl (C=O) groups excluding carboxylic acids is 1. The van der Waals surface area contributed by atoms with Gasteiger partial charge < -0.3 is 10.1 Å². The van der Waals surface area contributed by atoms with Crippen molar-refractivity contribution >= 4 is 23.2 Å². The van der Waals surface area contributed by atoms with Crippen LogP contribution in [0.5, 0.6) is 11.5 Å². The lowest BCUT2D eigenvalue weighted by molar-refractivity contribution is 0.102. The van der Waals surface area contributed by atoms with E-state index in [1.165, 1.54) is 36.5 Å². The number of benzene rings is 2. The molecule has 0 saturated carbocycles. The number of aryl methyl sites for hydroxylation is 2. The third-order valence-electron chi connectivity index (χ3n) is 3.79. The second-order valence-electron chi connectivity index (χ2n) is 5.90. The first-order valence-corrected chi connectivity index (χ1v) is 8.31. The molecule has 0 bridgehead atoms. The van der Waals surface area contributed by atoms with Gasteiger partial charge in [0, 0.05) is 11.1 Å². The predicted molar refractivity (Wildman–Crippen MR) is 100 cm³/mol. The van der Waals surface area contributed by atoms with Crippen molar-refractivity contribution in [2.24, 2.45) is 0 Å². The maximum Gasteiger partial charge on any atom is 0.266 e. The molecule has 0 radical (unpaired) electrons. The minimum atomic E-state index is -0.529. The number of nitrogens with zero attached hydrogens (tertiary/aromatic N) is 1. The normalized spacial score (nSPS) is 10.5. The average Bonchev–Trinajstić information content (AvgIpc) is 2.60. The van der Waals surface area contributed by atoms with Gasteiger partial charge in [0.05, 0.1) is 17.4 Å². The summed E-state index contributed by atoms with van der Waals surface area (Å²) < 4.78 is 19.2. The van der Waals surface area contributed by atoms with E-state index in [-0.39, 0.29) is 22.8 Å². The summed E-state index contributed by atoms with van der Waals surface area (Å²) in [5.74, 6) is -0.252. The molecule has 1 aromatic heterocycles. The van der Waals surface area contributed by atoms with Gasteiger partial charge in [-0.1, -0.05) is 11.6 Å². The lowest BCUT2D eigenvalue weighted by Gasteiger charge is -2.14. The molecule has 27 heavy (non-hydrogen) atoms. The number of hydrogen-bond donors (Lipinski definition) is 2. The Morgan fingerprint density at radius 2 is 1.93 bits per heavy atom. The molecule has 6 nitrogen and oxygen atoms in total. The summed E-state index contributed by atoms with van der Waals surface area (Å²) in [6.07, 6.45) is 1.31. The van der Waals surface area contributed by atoms with Crippen molar-refractivity contribution in [1.82, 2.24) is 10.2 Å². The van der Waals surface area contributed by atoms with E-state index in [1.807, 2.05) is 0 Å². The molecule has 0 fully saturated rings. The largest absolute Gasteiger partial charge is 0.456 e. The van der Waals surface area contributed by atoms with Gasteiger partial charge in [0.15, 0.2) is 0 Å². The minimum Gasteiger partial charge on any atom is -0.456 e.